The Labute approximate surface area is 92.7 Å². The zero-order valence-electron chi connectivity index (χ0n) is 8.33. The number of aliphatic imine (C=N–C) groups is 4. The molecule has 0 bridgehead atoms. The fraction of sp³-hybridized carbons (Fsp3) is 0.600. The maximum Gasteiger partial charge on any atom is 0.163 e. The van der Waals surface area contributed by atoms with Gasteiger partial charge in [-0.05, 0) is 12.8 Å². The van der Waals surface area contributed by atoms with E-state index >= 15 is 0 Å². The SMILES string of the molecule is C1=NC2=NC=NC2C(SC2CCCC2)=N1. The van der Waals surface area contributed by atoms with Crippen molar-refractivity contribution < 1.29 is 0 Å². The van der Waals surface area contributed by atoms with E-state index in [1.165, 1.54) is 25.7 Å². The first kappa shape index (κ1) is 9.27. The second-order valence-electron chi connectivity index (χ2n) is 3.89. The normalized spacial score (nSPS) is 29.2. The zero-order valence-corrected chi connectivity index (χ0v) is 9.15. The molecule has 2 aliphatic heterocycles. The molecule has 1 unspecified atom stereocenters. The van der Waals surface area contributed by atoms with Crippen molar-refractivity contribution in [3.05, 3.63) is 0 Å². The van der Waals surface area contributed by atoms with E-state index in [0.29, 0.717) is 0 Å². The van der Waals surface area contributed by atoms with Crippen molar-refractivity contribution in [1.29, 1.82) is 0 Å². The maximum absolute atomic E-state index is 4.33. The molecule has 1 fully saturated rings. The highest BCUT2D eigenvalue weighted by Gasteiger charge is 2.29. The van der Waals surface area contributed by atoms with E-state index < -0.39 is 0 Å². The molecule has 3 rings (SSSR count). The second kappa shape index (κ2) is 3.89. The van der Waals surface area contributed by atoms with E-state index in [1.807, 2.05) is 11.8 Å². The molecular weight excluding hydrogens is 208 g/mol. The minimum Gasteiger partial charge on any atom is -0.255 e. The van der Waals surface area contributed by atoms with E-state index in [0.717, 1.165) is 16.1 Å². The molecule has 0 saturated heterocycles. The third-order valence-corrected chi connectivity index (χ3v) is 4.22. The van der Waals surface area contributed by atoms with Crippen molar-refractivity contribution in [2.45, 2.75) is 37.0 Å². The molecule has 2 heterocycles. The Morgan fingerprint density at radius 2 is 2.00 bits per heavy atom. The van der Waals surface area contributed by atoms with E-state index in [4.69, 9.17) is 0 Å². The van der Waals surface area contributed by atoms with Crippen LogP contribution in [-0.4, -0.2) is 34.8 Å². The number of thioether (sulfide) groups is 1. The summed E-state index contributed by atoms with van der Waals surface area (Å²) in [4.78, 5) is 16.8. The Morgan fingerprint density at radius 1 is 1.13 bits per heavy atom. The van der Waals surface area contributed by atoms with Gasteiger partial charge in [-0.1, -0.05) is 12.8 Å². The first-order valence-electron chi connectivity index (χ1n) is 5.30. The summed E-state index contributed by atoms with van der Waals surface area (Å²) in [6.45, 7) is 0. The molecule has 0 aromatic heterocycles. The van der Waals surface area contributed by atoms with Crippen LogP contribution in [0, 0.1) is 0 Å². The first-order valence-corrected chi connectivity index (χ1v) is 6.18. The lowest BCUT2D eigenvalue weighted by Crippen LogP contribution is -2.27. The van der Waals surface area contributed by atoms with E-state index in [-0.39, 0.29) is 6.04 Å². The molecular formula is C10H12N4S. The van der Waals surface area contributed by atoms with Crippen molar-refractivity contribution in [2.75, 3.05) is 0 Å². The number of fused-ring (bicyclic) bond motifs is 1. The van der Waals surface area contributed by atoms with Crippen LogP contribution in [0.4, 0.5) is 0 Å². The van der Waals surface area contributed by atoms with Gasteiger partial charge in [0.15, 0.2) is 11.9 Å². The lowest BCUT2D eigenvalue weighted by atomic mass is 10.3. The van der Waals surface area contributed by atoms with Gasteiger partial charge in [-0.25, -0.2) is 15.0 Å². The summed E-state index contributed by atoms with van der Waals surface area (Å²) in [7, 11) is 0. The van der Waals surface area contributed by atoms with Crippen LogP contribution in [0.3, 0.4) is 0 Å². The highest BCUT2D eigenvalue weighted by Crippen LogP contribution is 2.32. The average Bonchev–Trinajstić information content (AvgIpc) is 2.87. The van der Waals surface area contributed by atoms with Gasteiger partial charge in [0, 0.05) is 5.25 Å². The summed E-state index contributed by atoms with van der Waals surface area (Å²) in [6.07, 6.45) is 8.52. The first-order chi connectivity index (χ1) is 7.43. The van der Waals surface area contributed by atoms with Gasteiger partial charge in [-0.3, -0.25) is 4.99 Å². The molecule has 0 amide bonds. The monoisotopic (exact) mass is 220 g/mol. The molecule has 5 heteroatoms. The van der Waals surface area contributed by atoms with Gasteiger partial charge in [0.25, 0.3) is 0 Å². The lowest BCUT2D eigenvalue weighted by molar-refractivity contribution is 0.886. The molecule has 0 aromatic rings. The van der Waals surface area contributed by atoms with Gasteiger partial charge < -0.3 is 0 Å². The molecule has 1 saturated carbocycles. The van der Waals surface area contributed by atoms with Crippen molar-refractivity contribution >= 4 is 35.3 Å². The molecule has 1 atom stereocenters. The van der Waals surface area contributed by atoms with Crippen LogP contribution in [0.1, 0.15) is 25.7 Å². The van der Waals surface area contributed by atoms with Crippen LogP contribution < -0.4 is 0 Å². The van der Waals surface area contributed by atoms with Crippen LogP contribution in [0.2, 0.25) is 0 Å². The number of amidine groups is 1. The smallest absolute Gasteiger partial charge is 0.163 e. The van der Waals surface area contributed by atoms with Crippen LogP contribution in [0.5, 0.6) is 0 Å². The van der Waals surface area contributed by atoms with E-state index in [2.05, 4.69) is 20.0 Å². The summed E-state index contributed by atoms with van der Waals surface area (Å²) in [5.74, 6) is 0.797. The van der Waals surface area contributed by atoms with Gasteiger partial charge in [-0.2, -0.15) is 0 Å². The minimum atomic E-state index is 0.000556. The number of hydrogen-bond donors (Lipinski definition) is 0. The zero-order chi connectivity index (χ0) is 10.1. The van der Waals surface area contributed by atoms with Crippen molar-refractivity contribution in [1.82, 2.24) is 0 Å². The van der Waals surface area contributed by atoms with Crippen molar-refractivity contribution in [3.63, 3.8) is 0 Å². The van der Waals surface area contributed by atoms with E-state index in [9.17, 15) is 0 Å². The number of hydrogen-bond acceptors (Lipinski definition) is 5. The topological polar surface area (TPSA) is 49.4 Å². The van der Waals surface area contributed by atoms with Gasteiger partial charge >= 0.3 is 0 Å². The summed E-state index contributed by atoms with van der Waals surface area (Å²) < 4.78 is 0. The highest BCUT2D eigenvalue weighted by molar-refractivity contribution is 8.14. The lowest BCUT2D eigenvalue weighted by Gasteiger charge is -2.16. The molecule has 0 spiro atoms. The minimum absolute atomic E-state index is 0.000556. The number of rotatable bonds is 1. The largest absolute Gasteiger partial charge is 0.255 e. The van der Waals surface area contributed by atoms with Crippen molar-refractivity contribution in [3.8, 4) is 0 Å². The molecule has 0 N–H and O–H groups in total. The molecule has 0 radical (unpaired) electrons. The molecule has 15 heavy (non-hydrogen) atoms. The summed E-state index contributed by atoms with van der Waals surface area (Å²) >= 11 is 1.87. The Morgan fingerprint density at radius 3 is 2.87 bits per heavy atom. The Bertz CT molecular complexity index is 377. The third-order valence-electron chi connectivity index (χ3n) is 2.85. The standard InChI is InChI=1S/C10H12N4S/c1-2-4-7(3-1)15-10-8-9(12-5-11-8)13-6-14-10/h5-8H,1-4H2. The average molecular weight is 220 g/mol. The fourth-order valence-corrected chi connectivity index (χ4v) is 3.38. The molecule has 4 nitrogen and oxygen atoms in total. The third kappa shape index (κ3) is 1.76. The summed E-state index contributed by atoms with van der Waals surface area (Å²) in [5.41, 5.74) is 0. The molecule has 1 aliphatic carbocycles. The number of nitrogens with zero attached hydrogens (tertiary/aromatic N) is 4. The van der Waals surface area contributed by atoms with Crippen LogP contribution in [0.15, 0.2) is 20.0 Å². The second-order valence-corrected chi connectivity index (χ2v) is 5.21. The Kier molecular flexibility index (Phi) is 2.40. The van der Waals surface area contributed by atoms with Crippen LogP contribution in [-0.2, 0) is 0 Å². The molecule has 0 aromatic carbocycles. The summed E-state index contributed by atoms with van der Waals surface area (Å²) in [5, 5.41) is 1.80. The van der Waals surface area contributed by atoms with Crippen molar-refractivity contribution in [2.24, 2.45) is 20.0 Å². The van der Waals surface area contributed by atoms with Gasteiger partial charge in [0.1, 0.15) is 17.7 Å². The van der Waals surface area contributed by atoms with E-state index in [1.54, 1.807) is 12.7 Å². The van der Waals surface area contributed by atoms with Gasteiger partial charge in [-0.15, -0.1) is 11.8 Å². The predicted octanol–water partition coefficient (Wildman–Crippen LogP) is 1.91. The van der Waals surface area contributed by atoms with Gasteiger partial charge in [0.2, 0.25) is 0 Å². The maximum atomic E-state index is 4.33. The van der Waals surface area contributed by atoms with Gasteiger partial charge in [0.05, 0.1) is 0 Å². The molecule has 3 aliphatic rings. The highest BCUT2D eigenvalue weighted by atomic mass is 32.2. The quantitative estimate of drug-likeness (QED) is 0.666. The predicted molar refractivity (Wildman–Crippen MR) is 65.5 cm³/mol. The summed E-state index contributed by atoms with van der Waals surface area (Å²) in [6, 6.07) is 0.000556. The van der Waals surface area contributed by atoms with Crippen LogP contribution >= 0.6 is 11.8 Å². The molecule has 78 valence electrons. The fourth-order valence-electron chi connectivity index (χ4n) is 2.06. The Balaban J connectivity index is 1.74. The Hall–Kier alpha value is -0.970. The van der Waals surface area contributed by atoms with Crippen LogP contribution in [0.25, 0.3) is 0 Å².